The summed E-state index contributed by atoms with van der Waals surface area (Å²) in [6, 6.07) is 25.1. The lowest BCUT2D eigenvalue weighted by Gasteiger charge is -2.19. The molecule has 1 aliphatic rings. The maximum absolute atomic E-state index is 11.7. The third kappa shape index (κ3) is 2.51. The minimum Gasteiger partial charge on any atom is -0.465 e. The number of methoxy groups -OCH3 is 1. The van der Waals surface area contributed by atoms with Crippen molar-refractivity contribution < 1.29 is 9.53 Å². The van der Waals surface area contributed by atoms with Crippen LogP contribution in [0, 0.1) is 0 Å². The third-order valence-electron chi connectivity index (χ3n) is 4.28. The Labute approximate surface area is 144 Å². The van der Waals surface area contributed by atoms with Crippen molar-refractivity contribution in [3.8, 4) is 0 Å². The fourth-order valence-electron chi connectivity index (χ4n) is 3.12. The maximum atomic E-state index is 11.7. The molecule has 24 heavy (non-hydrogen) atoms. The molecule has 0 radical (unpaired) electrons. The lowest BCUT2D eigenvalue weighted by Crippen LogP contribution is -2.15. The summed E-state index contributed by atoms with van der Waals surface area (Å²) >= 11 is 0. The van der Waals surface area contributed by atoms with E-state index in [1.165, 1.54) is 32.9 Å². The molecule has 1 aliphatic heterocycles. The van der Waals surface area contributed by atoms with Crippen molar-refractivity contribution in [3.05, 3.63) is 89.5 Å². The van der Waals surface area contributed by atoms with Gasteiger partial charge >= 0.3 is 5.97 Å². The van der Waals surface area contributed by atoms with Crippen molar-refractivity contribution in [3.63, 3.8) is 0 Å². The monoisotopic (exact) mass is 333 g/mol. The van der Waals surface area contributed by atoms with E-state index in [0.717, 1.165) is 6.42 Å². The molecule has 0 saturated carbocycles. The van der Waals surface area contributed by atoms with Crippen LogP contribution >= 0.6 is 0 Å². The summed E-state index contributed by atoms with van der Waals surface area (Å²) in [5, 5.41) is 0. The number of hydrogen-bond donors (Lipinski definition) is 0. The summed E-state index contributed by atoms with van der Waals surface area (Å²) in [5.74, 6) is -0.297. The van der Waals surface area contributed by atoms with Gasteiger partial charge in [0.25, 0.3) is 0 Å². The zero-order valence-corrected chi connectivity index (χ0v) is 14.2. The molecule has 3 heteroatoms. The smallest absolute Gasteiger partial charge is 0.337 e. The molecule has 0 bridgehead atoms. The van der Waals surface area contributed by atoms with E-state index in [1.54, 1.807) is 0 Å². The van der Waals surface area contributed by atoms with Crippen LogP contribution in [0.15, 0.2) is 87.5 Å². The predicted molar refractivity (Wildman–Crippen MR) is 95.6 cm³/mol. The molecule has 2 nitrogen and oxygen atoms in total. The molecule has 0 amide bonds. The Kier molecular flexibility index (Phi) is 3.87. The van der Waals surface area contributed by atoms with Gasteiger partial charge in [0.05, 0.1) is 23.6 Å². The van der Waals surface area contributed by atoms with Gasteiger partial charge in [-0.25, -0.2) is 4.79 Å². The van der Waals surface area contributed by atoms with Crippen LogP contribution in [0.25, 0.3) is 0 Å². The molecule has 3 aromatic carbocycles. The summed E-state index contributed by atoms with van der Waals surface area (Å²) in [4.78, 5) is 15.7. The molecule has 0 atom stereocenters. The van der Waals surface area contributed by atoms with Gasteiger partial charge in [0.15, 0.2) is 14.7 Å². The average molecular weight is 333 g/mol. The number of ether oxygens (including phenoxy) is 1. The first-order valence-electron chi connectivity index (χ1n) is 7.86. The number of rotatable bonds is 2. The SMILES string of the molecule is COC(=O)c1ccc([S+]2c3ccccc3Cc3ccccc32)cc1. The highest BCUT2D eigenvalue weighted by Crippen LogP contribution is 2.40. The van der Waals surface area contributed by atoms with Crippen molar-refractivity contribution >= 4 is 16.9 Å². The number of esters is 1. The average Bonchev–Trinajstić information content (AvgIpc) is 2.65. The topological polar surface area (TPSA) is 26.3 Å². The van der Waals surface area contributed by atoms with Gasteiger partial charge in [0, 0.05) is 17.5 Å². The van der Waals surface area contributed by atoms with Gasteiger partial charge in [-0.2, -0.15) is 0 Å². The number of fused-ring (bicyclic) bond motifs is 2. The highest BCUT2D eigenvalue weighted by Gasteiger charge is 2.36. The van der Waals surface area contributed by atoms with Crippen molar-refractivity contribution in [2.75, 3.05) is 7.11 Å². The van der Waals surface area contributed by atoms with Crippen molar-refractivity contribution in [2.24, 2.45) is 0 Å². The zero-order chi connectivity index (χ0) is 16.5. The fourth-order valence-corrected chi connectivity index (χ4v) is 5.51. The van der Waals surface area contributed by atoms with Gasteiger partial charge in [0.1, 0.15) is 0 Å². The Morgan fingerprint density at radius 3 is 1.92 bits per heavy atom. The van der Waals surface area contributed by atoms with Crippen LogP contribution in [-0.4, -0.2) is 13.1 Å². The van der Waals surface area contributed by atoms with Crippen LogP contribution in [0.1, 0.15) is 21.5 Å². The lowest BCUT2D eigenvalue weighted by atomic mass is 10.0. The molecule has 0 unspecified atom stereocenters. The van der Waals surface area contributed by atoms with E-state index in [2.05, 4.69) is 48.5 Å². The number of benzene rings is 3. The Balaban J connectivity index is 1.84. The molecule has 0 fully saturated rings. The Bertz CT molecular complexity index is 854. The first-order valence-corrected chi connectivity index (χ1v) is 9.09. The van der Waals surface area contributed by atoms with Crippen molar-refractivity contribution in [1.82, 2.24) is 0 Å². The number of hydrogen-bond acceptors (Lipinski definition) is 2. The van der Waals surface area contributed by atoms with E-state index in [1.807, 2.05) is 24.3 Å². The lowest BCUT2D eigenvalue weighted by molar-refractivity contribution is 0.0600. The van der Waals surface area contributed by atoms with E-state index in [0.29, 0.717) is 5.56 Å². The molecule has 0 aromatic heterocycles. The van der Waals surface area contributed by atoms with Gasteiger partial charge in [-0.05, 0) is 36.4 Å². The predicted octanol–water partition coefficient (Wildman–Crippen LogP) is 4.47. The third-order valence-corrected chi connectivity index (χ3v) is 6.70. The maximum Gasteiger partial charge on any atom is 0.337 e. The molecular formula is C21H17O2S+. The summed E-state index contributed by atoms with van der Waals surface area (Å²) < 4.78 is 4.80. The van der Waals surface area contributed by atoms with Crippen LogP contribution < -0.4 is 0 Å². The number of carbonyl (C=O) groups is 1. The highest BCUT2D eigenvalue weighted by molar-refractivity contribution is 7.97. The standard InChI is InChI=1S/C21H17O2S/c1-23-21(22)15-10-12-18(13-11-15)24-19-8-4-2-6-16(19)14-17-7-3-5-9-20(17)24/h2-13H,14H2,1H3/q+1. The second-order valence-electron chi connectivity index (χ2n) is 5.71. The van der Waals surface area contributed by atoms with Crippen molar-refractivity contribution in [1.29, 1.82) is 0 Å². The highest BCUT2D eigenvalue weighted by atomic mass is 32.2. The molecule has 118 valence electrons. The quantitative estimate of drug-likeness (QED) is 0.399. The van der Waals surface area contributed by atoms with E-state index >= 15 is 0 Å². The summed E-state index contributed by atoms with van der Waals surface area (Å²) in [5.41, 5.74) is 3.36. The van der Waals surface area contributed by atoms with E-state index in [4.69, 9.17) is 4.74 Å². The molecule has 3 aromatic rings. The summed E-state index contributed by atoms with van der Waals surface area (Å²) in [6.07, 6.45) is 0.982. The van der Waals surface area contributed by atoms with Crippen LogP contribution in [0.4, 0.5) is 0 Å². The molecule has 0 N–H and O–H groups in total. The van der Waals surface area contributed by atoms with E-state index < -0.39 is 0 Å². The van der Waals surface area contributed by atoms with Crippen LogP contribution in [-0.2, 0) is 22.1 Å². The largest absolute Gasteiger partial charge is 0.465 e. The van der Waals surface area contributed by atoms with Gasteiger partial charge in [-0.1, -0.05) is 36.4 Å². The van der Waals surface area contributed by atoms with Crippen LogP contribution in [0.3, 0.4) is 0 Å². The van der Waals surface area contributed by atoms with Gasteiger partial charge in [-0.15, -0.1) is 0 Å². The second kappa shape index (κ2) is 6.17. The Morgan fingerprint density at radius 1 is 0.833 bits per heavy atom. The van der Waals surface area contributed by atoms with Gasteiger partial charge in [0.2, 0.25) is 0 Å². The molecular weight excluding hydrogens is 316 g/mol. The number of carbonyl (C=O) groups excluding carboxylic acids is 1. The van der Waals surface area contributed by atoms with Crippen molar-refractivity contribution in [2.45, 2.75) is 21.1 Å². The fraction of sp³-hybridized carbons (Fsp3) is 0.0952. The molecule has 1 heterocycles. The molecule has 0 aliphatic carbocycles. The normalized spacial score (nSPS) is 13.0. The zero-order valence-electron chi connectivity index (χ0n) is 13.4. The Morgan fingerprint density at radius 2 is 1.38 bits per heavy atom. The van der Waals surface area contributed by atoms with E-state index in [9.17, 15) is 4.79 Å². The Hall–Kier alpha value is -2.52. The first-order chi connectivity index (χ1) is 11.8. The minimum atomic E-state index is -0.297. The second-order valence-corrected chi connectivity index (χ2v) is 7.68. The summed E-state index contributed by atoms with van der Waals surface area (Å²) in [6.45, 7) is 0. The van der Waals surface area contributed by atoms with Gasteiger partial charge < -0.3 is 4.74 Å². The molecule has 0 saturated heterocycles. The van der Waals surface area contributed by atoms with Gasteiger partial charge in [-0.3, -0.25) is 0 Å². The van der Waals surface area contributed by atoms with Crippen LogP contribution in [0.2, 0.25) is 0 Å². The molecule has 4 rings (SSSR count). The molecule has 0 spiro atoms. The minimum absolute atomic E-state index is 0.133. The van der Waals surface area contributed by atoms with Crippen LogP contribution in [0.5, 0.6) is 0 Å². The van der Waals surface area contributed by atoms with E-state index in [-0.39, 0.29) is 16.9 Å². The summed E-state index contributed by atoms with van der Waals surface area (Å²) in [7, 11) is 1.27. The first kappa shape index (κ1) is 15.0.